The molecule has 0 radical (unpaired) electrons. The standard InChI is InChI=1S/C28H34N2O5/c1-5-10-24(26(32)33)29-25(31)23(15-16-28(2,3)4)30-27(34)35-17-22-20-13-8-6-11-18(20)19-12-7-9-14-21(19)22/h5-9,11-14,22-24H,1,10,15-17H2,2-4H3,(H,29,31)(H,30,34)(H,32,33). The molecule has 35 heavy (non-hydrogen) atoms. The van der Waals surface area contributed by atoms with Gasteiger partial charge in [-0.05, 0) is 46.9 Å². The van der Waals surface area contributed by atoms with Crippen LogP contribution in [0.2, 0.25) is 0 Å². The minimum atomic E-state index is -1.16. The lowest BCUT2D eigenvalue weighted by molar-refractivity contribution is -0.142. The highest BCUT2D eigenvalue weighted by Crippen LogP contribution is 2.44. The van der Waals surface area contributed by atoms with E-state index in [0.29, 0.717) is 12.8 Å². The van der Waals surface area contributed by atoms with Gasteiger partial charge in [0.25, 0.3) is 0 Å². The summed E-state index contributed by atoms with van der Waals surface area (Å²) < 4.78 is 5.59. The van der Waals surface area contributed by atoms with Crippen molar-refractivity contribution in [3.63, 3.8) is 0 Å². The quantitative estimate of drug-likeness (QED) is 0.423. The first-order chi connectivity index (χ1) is 16.6. The molecule has 0 aromatic heterocycles. The summed E-state index contributed by atoms with van der Waals surface area (Å²) in [5.41, 5.74) is 4.37. The van der Waals surface area contributed by atoms with Crippen molar-refractivity contribution in [2.75, 3.05) is 6.61 Å². The maximum absolute atomic E-state index is 12.9. The Morgan fingerprint density at radius 1 is 1.00 bits per heavy atom. The molecule has 2 amide bonds. The molecule has 2 aromatic rings. The number of nitrogens with one attached hydrogen (secondary N) is 2. The maximum Gasteiger partial charge on any atom is 0.407 e. The minimum absolute atomic E-state index is 0.0747. The number of ether oxygens (including phenoxy) is 1. The fourth-order valence-electron chi connectivity index (χ4n) is 4.29. The van der Waals surface area contributed by atoms with Crippen molar-refractivity contribution in [2.24, 2.45) is 5.41 Å². The normalized spacial score (nSPS) is 14.3. The highest BCUT2D eigenvalue weighted by atomic mass is 16.5. The van der Waals surface area contributed by atoms with Gasteiger partial charge in [0.15, 0.2) is 0 Å². The van der Waals surface area contributed by atoms with Crippen LogP contribution in [0.1, 0.15) is 57.1 Å². The molecular formula is C28H34N2O5. The lowest BCUT2D eigenvalue weighted by Crippen LogP contribution is -2.51. The second-order valence-electron chi connectivity index (χ2n) is 10.0. The lowest BCUT2D eigenvalue weighted by atomic mass is 9.88. The van der Waals surface area contributed by atoms with E-state index < -0.39 is 30.1 Å². The largest absolute Gasteiger partial charge is 0.480 e. The van der Waals surface area contributed by atoms with Crippen molar-refractivity contribution in [2.45, 2.75) is 58.0 Å². The zero-order chi connectivity index (χ0) is 25.6. The highest BCUT2D eigenvalue weighted by Gasteiger charge is 2.31. The lowest BCUT2D eigenvalue weighted by Gasteiger charge is -2.25. The van der Waals surface area contributed by atoms with Crippen LogP contribution in [0.15, 0.2) is 61.2 Å². The van der Waals surface area contributed by atoms with Crippen LogP contribution in [-0.2, 0) is 14.3 Å². The third-order valence-corrected chi connectivity index (χ3v) is 6.15. The van der Waals surface area contributed by atoms with Crippen molar-refractivity contribution in [3.05, 3.63) is 72.3 Å². The van der Waals surface area contributed by atoms with Crippen molar-refractivity contribution >= 4 is 18.0 Å². The Hall–Kier alpha value is -3.61. The third-order valence-electron chi connectivity index (χ3n) is 6.15. The number of rotatable bonds is 10. The zero-order valence-corrected chi connectivity index (χ0v) is 20.5. The average Bonchev–Trinajstić information content (AvgIpc) is 3.13. The molecule has 7 heteroatoms. The van der Waals surface area contributed by atoms with Crippen molar-refractivity contribution < 1.29 is 24.2 Å². The van der Waals surface area contributed by atoms with Gasteiger partial charge in [-0.3, -0.25) is 4.79 Å². The summed E-state index contributed by atoms with van der Waals surface area (Å²) in [5.74, 6) is -1.81. The summed E-state index contributed by atoms with van der Waals surface area (Å²) in [7, 11) is 0. The number of carbonyl (C=O) groups is 3. The molecule has 0 spiro atoms. The van der Waals surface area contributed by atoms with Gasteiger partial charge in [0, 0.05) is 5.92 Å². The number of carboxylic acids is 1. The maximum atomic E-state index is 12.9. The summed E-state index contributed by atoms with van der Waals surface area (Å²) in [6, 6.07) is 14.1. The van der Waals surface area contributed by atoms with E-state index in [1.807, 2.05) is 57.2 Å². The summed E-state index contributed by atoms with van der Waals surface area (Å²) in [4.78, 5) is 37.1. The van der Waals surface area contributed by atoms with E-state index in [0.717, 1.165) is 22.3 Å². The number of hydrogen-bond donors (Lipinski definition) is 3. The van der Waals surface area contributed by atoms with Gasteiger partial charge in [0.2, 0.25) is 5.91 Å². The number of amides is 2. The predicted octanol–water partition coefficient (Wildman–Crippen LogP) is 4.87. The van der Waals surface area contributed by atoms with Crippen LogP contribution in [0.4, 0.5) is 4.79 Å². The van der Waals surface area contributed by atoms with Crippen LogP contribution in [0.3, 0.4) is 0 Å². The van der Waals surface area contributed by atoms with Crippen LogP contribution < -0.4 is 10.6 Å². The predicted molar refractivity (Wildman–Crippen MR) is 135 cm³/mol. The summed E-state index contributed by atoms with van der Waals surface area (Å²) in [5, 5.41) is 14.5. The van der Waals surface area contributed by atoms with Crippen LogP contribution in [0, 0.1) is 5.41 Å². The van der Waals surface area contributed by atoms with Crippen LogP contribution in [0.5, 0.6) is 0 Å². The van der Waals surface area contributed by atoms with Gasteiger partial charge in [-0.25, -0.2) is 9.59 Å². The monoisotopic (exact) mass is 478 g/mol. The topological polar surface area (TPSA) is 105 Å². The van der Waals surface area contributed by atoms with Gasteiger partial charge >= 0.3 is 12.1 Å². The van der Waals surface area contributed by atoms with Crippen molar-refractivity contribution in [1.82, 2.24) is 10.6 Å². The number of hydrogen-bond acceptors (Lipinski definition) is 4. The number of alkyl carbamates (subject to hydrolysis) is 1. The summed E-state index contributed by atoms with van der Waals surface area (Å²) >= 11 is 0. The Bertz CT molecular complexity index is 1040. The first-order valence-corrected chi connectivity index (χ1v) is 11.9. The summed E-state index contributed by atoms with van der Waals surface area (Å²) in [6.45, 7) is 9.77. The van der Waals surface area contributed by atoms with E-state index >= 15 is 0 Å². The zero-order valence-electron chi connectivity index (χ0n) is 20.5. The second kappa shape index (κ2) is 11.2. The molecule has 0 saturated heterocycles. The van der Waals surface area contributed by atoms with Gasteiger partial charge in [-0.15, -0.1) is 6.58 Å². The van der Waals surface area contributed by atoms with E-state index in [1.54, 1.807) is 0 Å². The molecule has 0 aliphatic heterocycles. The Balaban J connectivity index is 1.69. The molecule has 0 saturated carbocycles. The van der Waals surface area contributed by atoms with Crippen molar-refractivity contribution in [1.29, 1.82) is 0 Å². The minimum Gasteiger partial charge on any atom is -0.480 e. The Labute approximate surface area is 206 Å². The first kappa shape index (κ1) is 26.0. The molecule has 2 atom stereocenters. The van der Waals surface area contributed by atoms with E-state index in [4.69, 9.17) is 4.74 Å². The molecule has 3 rings (SSSR count). The van der Waals surface area contributed by atoms with Gasteiger partial charge in [0.1, 0.15) is 18.7 Å². The fraction of sp³-hybridized carbons (Fsp3) is 0.393. The highest BCUT2D eigenvalue weighted by molar-refractivity contribution is 5.89. The Morgan fingerprint density at radius 2 is 1.57 bits per heavy atom. The Morgan fingerprint density at radius 3 is 2.09 bits per heavy atom. The molecule has 1 aliphatic rings. The first-order valence-electron chi connectivity index (χ1n) is 11.9. The number of aliphatic carboxylic acids is 1. The number of carboxylic acid groups (broad SMARTS) is 1. The molecule has 3 N–H and O–H groups in total. The molecule has 0 heterocycles. The molecule has 0 fully saturated rings. The van der Waals surface area contributed by atoms with E-state index in [-0.39, 0.29) is 24.4 Å². The third kappa shape index (κ3) is 6.72. The second-order valence-corrected chi connectivity index (χ2v) is 10.0. The smallest absolute Gasteiger partial charge is 0.407 e. The molecule has 2 aromatic carbocycles. The van der Waals surface area contributed by atoms with Gasteiger partial charge in [-0.2, -0.15) is 0 Å². The number of benzene rings is 2. The number of fused-ring (bicyclic) bond motifs is 3. The van der Waals surface area contributed by atoms with Crippen LogP contribution in [0.25, 0.3) is 11.1 Å². The average molecular weight is 479 g/mol. The van der Waals surface area contributed by atoms with Gasteiger partial charge < -0.3 is 20.5 Å². The number of carbonyl (C=O) groups excluding carboxylic acids is 2. The SMILES string of the molecule is C=CCC(NC(=O)C(CCC(C)(C)C)NC(=O)OCC1c2ccccc2-c2ccccc21)C(=O)O. The molecule has 0 bridgehead atoms. The molecule has 7 nitrogen and oxygen atoms in total. The van der Waals surface area contributed by atoms with Crippen LogP contribution >= 0.6 is 0 Å². The van der Waals surface area contributed by atoms with Gasteiger partial charge in [-0.1, -0.05) is 75.4 Å². The van der Waals surface area contributed by atoms with E-state index in [9.17, 15) is 19.5 Å². The molecular weight excluding hydrogens is 444 g/mol. The Kier molecular flexibility index (Phi) is 8.33. The molecule has 1 aliphatic carbocycles. The molecule has 186 valence electrons. The van der Waals surface area contributed by atoms with Gasteiger partial charge in [0.05, 0.1) is 0 Å². The molecule has 2 unspecified atom stereocenters. The fourth-order valence-corrected chi connectivity index (χ4v) is 4.29. The summed E-state index contributed by atoms with van der Waals surface area (Å²) in [6.07, 6.45) is 1.80. The van der Waals surface area contributed by atoms with Crippen LogP contribution in [-0.4, -0.2) is 41.8 Å². The van der Waals surface area contributed by atoms with E-state index in [2.05, 4.69) is 29.3 Å². The van der Waals surface area contributed by atoms with Crippen molar-refractivity contribution in [3.8, 4) is 11.1 Å². The van der Waals surface area contributed by atoms with E-state index in [1.165, 1.54) is 6.08 Å².